The highest BCUT2D eigenvalue weighted by atomic mass is 32.2. The van der Waals surface area contributed by atoms with Crippen LogP contribution in [-0.4, -0.2) is 49.2 Å². The molecule has 0 atom stereocenters. The van der Waals surface area contributed by atoms with Gasteiger partial charge in [0.15, 0.2) is 0 Å². The zero-order valence-corrected chi connectivity index (χ0v) is 13.1. The molecule has 4 heteroatoms. The molecule has 1 saturated heterocycles. The van der Waals surface area contributed by atoms with Crippen LogP contribution >= 0.6 is 11.8 Å². The number of thioether (sulfide) groups is 1. The molecular weight excluding hydrogens is 270 g/mol. The molecule has 0 amide bonds. The van der Waals surface area contributed by atoms with Crippen molar-refractivity contribution in [2.45, 2.75) is 24.3 Å². The van der Waals surface area contributed by atoms with E-state index < -0.39 is 0 Å². The van der Waals surface area contributed by atoms with Gasteiger partial charge in [-0.1, -0.05) is 12.1 Å². The largest absolute Gasteiger partial charge is 0.395 e. The van der Waals surface area contributed by atoms with Crippen LogP contribution in [0.15, 0.2) is 29.2 Å². The minimum atomic E-state index is 0.228. The second kappa shape index (κ2) is 8.67. The van der Waals surface area contributed by atoms with Crippen molar-refractivity contribution in [1.29, 1.82) is 0 Å². The Bertz CT molecular complexity index is 377. The Balaban J connectivity index is 1.89. The standard InChI is InChI=1S/C16H25NO2S/c1-20-16-4-2-14(3-5-16)12-17(8-9-18)13-15-6-10-19-11-7-15/h2-5,15,18H,6-13H2,1H3. The van der Waals surface area contributed by atoms with E-state index in [1.54, 1.807) is 11.8 Å². The van der Waals surface area contributed by atoms with Crippen molar-refractivity contribution in [1.82, 2.24) is 4.90 Å². The van der Waals surface area contributed by atoms with Gasteiger partial charge in [-0.25, -0.2) is 0 Å². The third-order valence-corrected chi connectivity index (χ3v) is 4.58. The molecule has 0 unspecified atom stereocenters. The molecule has 1 aromatic rings. The lowest BCUT2D eigenvalue weighted by molar-refractivity contribution is 0.0486. The fourth-order valence-corrected chi connectivity index (χ4v) is 3.07. The first kappa shape index (κ1) is 15.8. The van der Waals surface area contributed by atoms with Gasteiger partial charge in [0.05, 0.1) is 6.61 Å². The first-order chi connectivity index (χ1) is 9.81. The summed E-state index contributed by atoms with van der Waals surface area (Å²) < 4.78 is 5.41. The predicted molar refractivity (Wildman–Crippen MR) is 84.1 cm³/mol. The molecule has 1 aromatic carbocycles. The minimum Gasteiger partial charge on any atom is -0.395 e. The molecule has 0 radical (unpaired) electrons. The number of rotatable bonds is 7. The van der Waals surface area contributed by atoms with Gasteiger partial charge in [-0.3, -0.25) is 4.90 Å². The van der Waals surface area contributed by atoms with Crippen molar-refractivity contribution < 1.29 is 9.84 Å². The average Bonchev–Trinajstić information content (AvgIpc) is 2.49. The monoisotopic (exact) mass is 295 g/mol. The molecular formula is C16H25NO2S. The summed E-state index contributed by atoms with van der Waals surface area (Å²) in [6.07, 6.45) is 4.39. The summed E-state index contributed by atoms with van der Waals surface area (Å²) in [6.45, 7) is 4.74. The van der Waals surface area contributed by atoms with Gasteiger partial charge in [-0.15, -0.1) is 11.8 Å². The average molecular weight is 295 g/mol. The smallest absolute Gasteiger partial charge is 0.0558 e. The van der Waals surface area contributed by atoms with E-state index in [9.17, 15) is 5.11 Å². The summed E-state index contributed by atoms with van der Waals surface area (Å²) >= 11 is 1.77. The van der Waals surface area contributed by atoms with Crippen molar-refractivity contribution in [3.05, 3.63) is 29.8 Å². The van der Waals surface area contributed by atoms with Gasteiger partial charge >= 0.3 is 0 Å². The maximum Gasteiger partial charge on any atom is 0.0558 e. The Labute approximate surface area is 126 Å². The molecule has 1 N–H and O–H groups in total. The molecule has 2 rings (SSSR count). The van der Waals surface area contributed by atoms with E-state index in [0.29, 0.717) is 5.92 Å². The molecule has 1 aliphatic rings. The van der Waals surface area contributed by atoms with E-state index in [2.05, 4.69) is 35.4 Å². The fraction of sp³-hybridized carbons (Fsp3) is 0.625. The highest BCUT2D eigenvalue weighted by Crippen LogP contribution is 2.19. The Kier molecular flexibility index (Phi) is 6.87. The second-order valence-electron chi connectivity index (χ2n) is 5.36. The van der Waals surface area contributed by atoms with E-state index >= 15 is 0 Å². The highest BCUT2D eigenvalue weighted by Gasteiger charge is 2.17. The van der Waals surface area contributed by atoms with Gasteiger partial charge in [-0.2, -0.15) is 0 Å². The molecule has 1 heterocycles. The molecule has 0 aromatic heterocycles. The molecule has 0 spiro atoms. The van der Waals surface area contributed by atoms with E-state index in [1.165, 1.54) is 10.5 Å². The highest BCUT2D eigenvalue weighted by molar-refractivity contribution is 7.98. The zero-order valence-electron chi connectivity index (χ0n) is 12.3. The predicted octanol–water partition coefficient (Wildman–Crippen LogP) is 2.63. The van der Waals surface area contributed by atoms with Gasteiger partial charge < -0.3 is 9.84 Å². The van der Waals surface area contributed by atoms with Gasteiger partial charge in [0, 0.05) is 37.7 Å². The molecule has 20 heavy (non-hydrogen) atoms. The number of benzene rings is 1. The normalized spacial score (nSPS) is 16.8. The number of aliphatic hydroxyl groups is 1. The second-order valence-corrected chi connectivity index (χ2v) is 6.24. The van der Waals surface area contributed by atoms with Crippen LogP contribution < -0.4 is 0 Å². The Morgan fingerprint density at radius 3 is 2.55 bits per heavy atom. The SMILES string of the molecule is CSc1ccc(CN(CCO)CC2CCOCC2)cc1. The maximum atomic E-state index is 9.26. The third-order valence-electron chi connectivity index (χ3n) is 3.84. The molecule has 1 aliphatic heterocycles. The van der Waals surface area contributed by atoms with Gasteiger partial charge in [0.25, 0.3) is 0 Å². The minimum absolute atomic E-state index is 0.228. The van der Waals surface area contributed by atoms with Crippen LogP contribution in [0, 0.1) is 5.92 Å². The molecule has 0 bridgehead atoms. The molecule has 3 nitrogen and oxygen atoms in total. The first-order valence-corrected chi connectivity index (χ1v) is 8.58. The van der Waals surface area contributed by atoms with Crippen LogP contribution in [0.2, 0.25) is 0 Å². The number of nitrogens with zero attached hydrogens (tertiary/aromatic N) is 1. The van der Waals surface area contributed by atoms with Gasteiger partial charge in [0.1, 0.15) is 0 Å². The molecule has 0 saturated carbocycles. The summed E-state index contributed by atoms with van der Waals surface area (Å²) in [4.78, 5) is 3.66. The van der Waals surface area contributed by atoms with Crippen LogP contribution in [0.5, 0.6) is 0 Å². The van der Waals surface area contributed by atoms with Gasteiger partial charge in [-0.05, 0) is 42.7 Å². The summed E-state index contributed by atoms with van der Waals surface area (Å²) in [6, 6.07) is 8.73. The quantitative estimate of drug-likeness (QED) is 0.784. The number of hydrogen-bond acceptors (Lipinski definition) is 4. The summed E-state index contributed by atoms with van der Waals surface area (Å²) in [5.74, 6) is 0.709. The van der Waals surface area contributed by atoms with Crippen LogP contribution in [0.1, 0.15) is 18.4 Å². The molecule has 112 valence electrons. The lowest BCUT2D eigenvalue weighted by Crippen LogP contribution is -2.34. The van der Waals surface area contributed by atoms with E-state index in [0.717, 1.165) is 45.7 Å². The zero-order chi connectivity index (χ0) is 14.2. The third kappa shape index (κ3) is 5.09. The lowest BCUT2D eigenvalue weighted by atomic mass is 9.99. The van der Waals surface area contributed by atoms with E-state index in [4.69, 9.17) is 4.74 Å². The lowest BCUT2D eigenvalue weighted by Gasteiger charge is -2.29. The van der Waals surface area contributed by atoms with Crippen LogP contribution in [0.25, 0.3) is 0 Å². The van der Waals surface area contributed by atoms with Crippen molar-refractivity contribution in [2.24, 2.45) is 5.92 Å². The van der Waals surface area contributed by atoms with Crippen molar-refractivity contribution in [3.63, 3.8) is 0 Å². The van der Waals surface area contributed by atoms with Crippen molar-refractivity contribution in [3.8, 4) is 0 Å². The van der Waals surface area contributed by atoms with Gasteiger partial charge in [0.2, 0.25) is 0 Å². The van der Waals surface area contributed by atoms with Crippen molar-refractivity contribution >= 4 is 11.8 Å². The van der Waals surface area contributed by atoms with Crippen molar-refractivity contribution in [2.75, 3.05) is 39.2 Å². The number of aliphatic hydroxyl groups excluding tert-OH is 1. The topological polar surface area (TPSA) is 32.7 Å². The Morgan fingerprint density at radius 2 is 1.95 bits per heavy atom. The Morgan fingerprint density at radius 1 is 1.25 bits per heavy atom. The first-order valence-electron chi connectivity index (χ1n) is 7.35. The number of ether oxygens (including phenoxy) is 1. The fourth-order valence-electron chi connectivity index (χ4n) is 2.66. The molecule has 1 fully saturated rings. The van der Waals surface area contributed by atoms with E-state index in [-0.39, 0.29) is 6.61 Å². The van der Waals surface area contributed by atoms with Crippen LogP contribution in [-0.2, 0) is 11.3 Å². The van der Waals surface area contributed by atoms with Crippen LogP contribution in [0.4, 0.5) is 0 Å². The summed E-state index contributed by atoms with van der Waals surface area (Å²) in [5, 5.41) is 9.26. The summed E-state index contributed by atoms with van der Waals surface area (Å²) in [5.41, 5.74) is 1.32. The maximum absolute atomic E-state index is 9.26. The number of hydrogen-bond donors (Lipinski definition) is 1. The van der Waals surface area contributed by atoms with E-state index in [1.807, 2.05) is 0 Å². The molecule has 0 aliphatic carbocycles. The van der Waals surface area contributed by atoms with Crippen LogP contribution in [0.3, 0.4) is 0 Å². The Hall–Kier alpha value is -0.550. The summed E-state index contributed by atoms with van der Waals surface area (Å²) in [7, 11) is 0.